The van der Waals surface area contributed by atoms with Crippen LogP contribution in [0.5, 0.6) is 0 Å². The van der Waals surface area contributed by atoms with Gasteiger partial charge in [-0.2, -0.15) is 0 Å². The van der Waals surface area contributed by atoms with Gasteiger partial charge in [-0.1, -0.05) is 29.8 Å². The molecule has 4 N–H and O–H groups in total. The van der Waals surface area contributed by atoms with Crippen LogP contribution in [0, 0.1) is 6.92 Å². The van der Waals surface area contributed by atoms with Crippen LogP contribution in [0.4, 0.5) is 4.79 Å². The molecule has 1 aromatic carbocycles. The summed E-state index contributed by atoms with van der Waals surface area (Å²) in [4.78, 5) is 63.5. The van der Waals surface area contributed by atoms with Crippen molar-refractivity contribution in [3.05, 3.63) is 35.4 Å². The number of carbonyl (C=O) groups excluding carboxylic acids is 5. The number of aryl methyl sites for hydroxylation is 1. The highest BCUT2D eigenvalue weighted by atomic mass is 16.6. The van der Waals surface area contributed by atoms with Crippen LogP contribution in [-0.2, 0) is 28.7 Å². The number of likely N-dealkylation sites (N-methyl/N-ethyl adjacent to an activating group) is 1. The van der Waals surface area contributed by atoms with Crippen LogP contribution in [0.2, 0.25) is 0 Å². The number of amides is 4. The van der Waals surface area contributed by atoms with Crippen molar-refractivity contribution in [2.24, 2.45) is 5.73 Å². The Labute approximate surface area is 205 Å². The Bertz CT molecular complexity index is 927. The van der Waals surface area contributed by atoms with Gasteiger partial charge in [0.25, 0.3) is 0 Å². The average Bonchev–Trinajstić information content (AvgIpc) is 2.76. The lowest BCUT2D eigenvalue weighted by molar-refractivity contribution is -0.144. The third-order valence-electron chi connectivity index (χ3n) is 4.84. The van der Waals surface area contributed by atoms with Gasteiger partial charge in [-0.15, -0.1) is 0 Å². The molecule has 0 radical (unpaired) electrons. The van der Waals surface area contributed by atoms with Gasteiger partial charge in [0.1, 0.15) is 24.2 Å². The van der Waals surface area contributed by atoms with Gasteiger partial charge in [-0.3, -0.25) is 19.2 Å². The molecule has 0 aliphatic rings. The molecule has 1 rings (SSSR count). The molecule has 11 heteroatoms. The number of nitrogens with zero attached hydrogens (tertiary/aromatic N) is 1. The molecule has 0 heterocycles. The van der Waals surface area contributed by atoms with Crippen LogP contribution in [0.25, 0.3) is 0 Å². The average molecular weight is 493 g/mol. The van der Waals surface area contributed by atoms with E-state index in [4.69, 9.17) is 10.5 Å². The first-order valence-electron chi connectivity index (χ1n) is 11.3. The van der Waals surface area contributed by atoms with E-state index in [-0.39, 0.29) is 25.9 Å². The predicted molar refractivity (Wildman–Crippen MR) is 128 cm³/mol. The summed E-state index contributed by atoms with van der Waals surface area (Å²) in [6.45, 7) is 8.23. The van der Waals surface area contributed by atoms with E-state index in [1.54, 1.807) is 45.9 Å². The highest BCUT2D eigenvalue weighted by Crippen LogP contribution is 2.24. The summed E-state index contributed by atoms with van der Waals surface area (Å²) in [5.74, 6) is -2.52. The maximum absolute atomic E-state index is 13.6. The number of ether oxygens (including phenoxy) is 2. The van der Waals surface area contributed by atoms with Crippen LogP contribution in [0.3, 0.4) is 0 Å². The van der Waals surface area contributed by atoms with Crippen molar-refractivity contribution in [3.8, 4) is 0 Å². The highest BCUT2D eigenvalue weighted by Gasteiger charge is 2.35. The molecule has 194 valence electrons. The number of hydrogen-bond acceptors (Lipinski definition) is 7. The fourth-order valence-corrected chi connectivity index (χ4v) is 3.30. The van der Waals surface area contributed by atoms with Crippen LogP contribution in [0.1, 0.15) is 57.7 Å². The maximum Gasteiger partial charge on any atom is 0.408 e. The molecule has 0 fully saturated rings. The van der Waals surface area contributed by atoms with E-state index < -0.39 is 47.5 Å². The molecule has 0 aliphatic carbocycles. The number of hydrogen-bond donors (Lipinski definition) is 3. The topological polar surface area (TPSA) is 157 Å². The molecule has 0 aromatic heterocycles. The van der Waals surface area contributed by atoms with Crippen LogP contribution in [0.15, 0.2) is 24.3 Å². The second kappa shape index (κ2) is 13.3. The summed E-state index contributed by atoms with van der Waals surface area (Å²) in [6, 6.07) is 4.72. The molecule has 2 unspecified atom stereocenters. The van der Waals surface area contributed by atoms with Crippen LogP contribution in [-0.4, -0.2) is 66.5 Å². The Balaban J connectivity index is 3.35. The molecular weight excluding hydrogens is 456 g/mol. The zero-order chi connectivity index (χ0) is 26.8. The first kappa shape index (κ1) is 29.4. The zero-order valence-electron chi connectivity index (χ0n) is 21.2. The fraction of sp³-hybridized carbons (Fsp3) is 0.542. The Morgan fingerprint density at radius 1 is 1.14 bits per heavy atom. The zero-order valence-corrected chi connectivity index (χ0v) is 21.2. The second-order valence-corrected chi connectivity index (χ2v) is 8.94. The maximum atomic E-state index is 13.6. The molecule has 0 saturated carbocycles. The largest absolute Gasteiger partial charge is 0.468 e. The van der Waals surface area contributed by atoms with Gasteiger partial charge in [0, 0.05) is 13.0 Å². The third-order valence-corrected chi connectivity index (χ3v) is 4.84. The van der Waals surface area contributed by atoms with Crippen LogP contribution < -0.4 is 16.4 Å². The number of benzene rings is 1. The van der Waals surface area contributed by atoms with Gasteiger partial charge < -0.3 is 30.7 Å². The number of nitrogens with two attached hydrogens (primary N) is 1. The summed E-state index contributed by atoms with van der Waals surface area (Å²) in [6.07, 6.45) is -1.11. The van der Waals surface area contributed by atoms with Crippen LogP contribution >= 0.6 is 0 Å². The Kier molecular flexibility index (Phi) is 11.2. The Morgan fingerprint density at radius 2 is 1.80 bits per heavy atom. The van der Waals surface area contributed by atoms with Gasteiger partial charge in [0.05, 0.1) is 7.11 Å². The van der Waals surface area contributed by atoms with Crippen molar-refractivity contribution in [1.82, 2.24) is 15.5 Å². The first-order chi connectivity index (χ1) is 16.3. The molecular formula is C24H36N4O7. The molecule has 2 atom stereocenters. The van der Waals surface area contributed by atoms with E-state index >= 15 is 0 Å². The summed E-state index contributed by atoms with van der Waals surface area (Å²) >= 11 is 0. The molecule has 4 amide bonds. The number of rotatable bonds is 11. The van der Waals surface area contributed by atoms with Crippen molar-refractivity contribution in [1.29, 1.82) is 0 Å². The van der Waals surface area contributed by atoms with Crippen molar-refractivity contribution in [2.75, 3.05) is 20.2 Å². The SMILES string of the molecule is CCN(C(=O)C(CCC(N)=O)NC(=O)OC(C)(C)C)C(C(=O)NCC(=O)OC)c1cccc(C)c1. The smallest absolute Gasteiger partial charge is 0.408 e. The number of esters is 1. The lowest BCUT2D eigenvalue weighted by Crippen LogP contribution is -2.53. The quantitative estimate of drug-likeness (QED) is 0.393. The summed E-state index contributed by atoms with van der Waals surface area (Å²) < 4.78 is 9.83. The Hall–Kier alpha value is -3.63. The van der Waals surface area contributed by atoms with Gasteiger partial charge >= 0.3 is 12.1 Å². The summed E-state index contributed by atoms with van der Waals surface area (Å²) in [7, 11) is 1.19. The van der Waals surface area contributed by atoms with Crippen molar-refractivity contribution in [2.45, 2.75) is 65.1 Å². The second-order valence-electron chi connectivity index (χ2n) is 8.94. The predicted octanol–water partition coefficient (Wildman–Crippen LogP) is 1.33. The summed E-state index contributed by atoms with van der Waals surface area (Å²) in [5.41, 5.74) is 5.81. The monoisotopic (exact) mass is 492 g/mol. The lowest BCUT2D eigenvalue weighted by atomic mass is 10.00. The summed E-state index contributed by atoms with van der Waals surface area (Å²) in [5, 5.41) is 4.98. The number of nitrogens with one attached hydrogen (secondary N) is 2. The van der Waals surface area contributed by atoms with Gasteiger partial charge in [0.2, 0.25) is 17.7 Å². The first-order valence-corrected chi connectivity index (χ1v) is 11.3. The van der Waals surface area contributed by atoms with Crippen molar-refractivity contribution in [3.63, 3.8) is 0 Å². The minimum Gasteiger partial charge on any atom is -0.468 e. The standard InChI is InChI=1S/C24H36N4O7/c1-7-28(22(32)17(11-12-18(25)29)27-23(33)35-24(3,4)5)20(16-10-8-9-15(2)13-16)21(31)26-14-19(30)34-6/h8-10,13,17,20H,7,11-12,14H2,1-6H3,(H2,25,29)(H,26,31)(H,27,33). The van der Waals surface area contributed by atoms with Crippen molar-refractivity contribution < 1.29 is 33.4 Å². The lowest BCUT2D eigenvalue weighted by Gasteiger charge is -2.33. The third kappa shape index (κ3) is 10.0. The number of carbonyl (C=O) groups is 5. The molecule has 0 spiro atoms. The molecule has 35 heavy (non-hydrogen) atoms. The van der Waals surface area contributed by atoms with E-state index in [2.05, 4.69) is 15.4 Å². The van der Waals surface area contributed by atoms with E-state index in [9.17, 15) is 24.0 Å². The minimum absolute atomic E-state index is 0.0891. The molecule has 0 aliphatic heterocycles. The van der Waals surface area contributed by atoms with E-state index in [1.165, 1.54) is 12.0 Å². The number of primary amides is 1. The van der Waals surface area contributed by atoms with Crippen molar-refractivity contribution >= 4 is 29.8 Å². The minimum atomic E-state index is -1.18. The van der Waals surface area contributed by atoms with Gasteiger partial charge in [-0.05, 0) is 46.6 Å². The van der Waals surface area contributed by atoms with Gasteiger partial charge in [0.15, 0.2) is 0 Å². The van der Waals surface area contributed by atoms with E-state index in [1.807, 2.05) is 13.0 Å². The molecule has 11 nitrogen and oxygen atoms in total. The highest BCUT2D eigenvalue weighted by molar-refractivity contribution is 5.93. The Morgan fingerprint density at radius 3 is 2.31 bits per heavy atom. The fourth-order valence-electron chi connectivity index (χ4n) is 3.30. The molecule has 1 aromatic rings. The number of methoxy groups -OCH3 is 1. The molecule has 0 bridgehead atoms. The normalized spacial score (nSPS) is 12.6. The number of alkyl carbamates (subject to hydrolysis) is 1. The van der Waals surface area contributed by atoms with Gasteiger partial charge in [-0.25, -0.2) is 4.79 Å². The van der Waals surface area contributed by atoms with E-state index in [0.717, 1.165) is 5.56 Å². The molecule has 0 saturated heterocycles. The van der Waals surface area contributed by atoms with E-state index in [0.29, 0.717) is 5.56 Å².